The first-order valence-electron chi connectivity index (χ1n) is 6.82. The van der Waals surface area contributed by atoms with Crippen LogP contribution in [0, 0.1) is 5.92 Å². The van der Waals surface area contributed by atoms with Crippen LogP contribution in [0.2, 0.25) is 0 Å². The van der Waals surface area contributed by atoms with Gasteiger partial charge in [-0.05, 0) is 25.7 Å². The van der Waals surface area contributed by atoms with E-state index in [2.05, 4.69) is 48.0 Å². The maximum absolute atomic E-state index is 4.69. The average Bonchev–Trinajstić information content (AvgIpc) is 3.20. The minimum Gasteiger partial charge on any atom is -0.373 e. The molecule has 0 saturated heterocycles. The number of aromatic nitrogens is 2. The van der Waals surface area contributed by atoms with Crippen molar-refractivity contribution in [2.24, 2.45) is 5.92 Å². The Morgan fingerprint density at radius 3 is 2.44 bits per heavy atom. The van der Waals surface area contributed by atoms with Crippen molar-refractivity contribution in [3.8, 4) is 0 Å². The molecule has 0 amide bonds. The lowest BCUT2D eigenvalue weighted by Gasteiger charge is -2.26. The van der Waals surface area contributed by atoms with E-state index in [4.69, 9.17) is 0 Å². The fraction of sp³-hybridized carbons (Fsp3) is 0.714. The van der Waals surface area contributed by atoms with E-state index >= 15 is 0 Å². The van der Waals surface area contributed by atoms with Crippen molar-refractivity contribution in [2.45, 2.75) is 45.6 Å². The van der Waals surface area contributed by atoms with Crippen LogP contribution in [0.4, 0.5) is 11.6 Å². The van der Waals surface area contributed by atoms with E-state index in [9.17, 15) is 0 Å². The molecule has 1 fully saturated rings. The van der Waals surface area contributed by atoms with Gasteiger partial charge in [0.05, 0.1) is 0 Å². The molecule has 1 saturated carbocycles. The highest BCUT2D eigenvalue weighted by Gasteiger charge is 2.31. The Morgan fingerprint density at radius 1 is 1.28 bits per heavy atom. The van der Waals surface area contributed by atoms with E-state index in [1.165, 1.54) is 12.8 Å². The normalized spacial score (nSPS) is 16.8. The number of nitrogens with zero attached hydrogens (tertiary/aromatic N) is 3. The molecule has 1 atom stereocenters. The van der Waals surface area contributed by atoms with E-state index in [0.29, 0.717) is 12.0 Å². The van der Waals surface area contributed by atoms with Crippen molar-refractivity contribution in [3.63, 3.8) is 0 Å². The number of hydrogen-bond donors (Lipinski definition) is 1. The largest absolute Gasteiger partial charge is 0.373 e. The van der Waals surface area contributed by atoms with Gasteiger partial charge < -0.3 is 10.2 Å². The van der Waals surface area contributed by atoms with E-state index in [0.717, 1.165) is 23.4 Å². The maximum atomic E-state index is 4.69. The second-order valence-corrected chi connectivity index (χ2v) is 5.56. The van der Waals surface area contributed by atoms with Gasteiger partial charge in [-0.15, -0.1) is 0 Å². The van der Waals surface area contributed by atoms with Gasteiger partial charge in [0.1, 0.15) is 17.5 Å². The van der Waals surface area contributed by atoms with Crippen LogP contribution in [0.15, 0.2) is 6.07 Å². The molecule has 1 aliphatic carbocycles. The first-order chi connectivity index (χ1) is 8.52. The molecular weight excluding hydrogens is 224 g/mol. The van der Waals surface area contributed by atoms with Crippen LogP contribution >= 0.6 is 0 Å². The summed E-state index contributed by atoms with van der Waals surface area (Å²) in [5, 5.41) is 3.12. The fourth-order valence-corrected chi connectivity index (χ4v) is 2.12. The minimum absolute atomic E-state index is 0.349. The Labute approximate surface area is 110 Å². The first-order valence-corrected chi connectivity index (χ1v) is 6.82. The third-order valence-electron chi connectivity index (χ3n) is 3.78. The monoisotopic (exact) mass is 248 g/mol. The van der Waals surface area contributed by atoms with Crippen molar-refractivity contribution in [2.75, 3.05) is 24.3 Å². The third kappa shape index (κ3) is 2.74. The van der Waals surface area contributed by atoms with E-state index in [1.807, 2.05) is 13.1 Å². The summed E-state index contributed by atoms with van der Waals surface area (Å²) in [5.74, 6) is 4.02. The minimum atomic E-state index is 0.349. The smallest absolute Gasteiger partial charge is 0.135 e. The Bertz CT molecular complexity index is 412. The highest BCUT2D eigenvalue weighted by molar-refractivity contribution is 5.49. The summed E-state index contributed by atoms with van der Waals surface area (Å²) in [5.41, 5.74) is 0. The summed E-state index contributed by atoms with van der Waals surface area (Å²) in [6.45, 7) is 6.54. The third-order valence-corrected chi connectivity index (χ3v) is 3.78. The lowest BCUT2D eigenvalue weighted by Crippen LogP contribution is -2.31. The van der Waals surface area contributed by atoms with Crippen LogP contribution in [0.1, 0.15) is 45.4 Å². The molecular formula is C14H24N4. The molecule has 0 spiro atoms. The second-order valence-electron chi connectivity index (χ2n) is 5.56. The molecule has 0 aliphatic heterocycles. The van der Waals surface area contributed by atoms with Crippen LogP contribution < -0.4 is 10.2 Å². The fourth-order valence-electron chi connectivity index (χ4n) is 2.12. The quantitative estimate of drug-likeness (QED) is 0.870. The van der Waals surface area contributed by atoms with E-state index in [1.54, 1.807) is 0 Å². The zero-order chi connectivity index (χ0) is 13.3. The van der Waals surface area contributed by atoms with Gasteiger partial charge in [-0.1, -0.05) is 13.8 Å². The summed E-state index contributed by atoms with van der Waals surface area (Å²) in [7, 11) is 4.04. The van der Waals surface area contributed by atoms with E-state index < -0.39 is 0 Å². The summed E-state index contributed by atoms with van der Waals surface area (Å²) < 4.78 is 0. The molecule has 0 radical (unpaired) electrons. The molecule has 1 heterocycles. The predicted molar refractivity (Wildman–Crippen MR) is 76.3 cm³/mol. The highest BCUT2D eigenvalue weighted by Crippen LogP contribution is 2.36. The van der Waals surface area contributed by atoms with Crippen molar-refractivity contribution < 1.29 is 0 Å². The van der Waals surface area contributed by atoms with Gasteiger partial charge in [0.25, 0.3) is 0 Å². The van der Waals surface area contributed by atoms with Gasteiger partial charge in [0.15, 0.2) is 0 Å². The van der Waals surface area contributed by atoms with Crippen molar-refractivity contribution >= 4 is 11.6 Å². The molecule has 1 N–H and O–H groups in total. The predicted octanol–water partition coefficient (Wildman–Crippen LogP) is 2.88. The standard InChI is InChI=1S/C14H24N4/c1-9(2)14-16-12(15-4)8-13(17-14)18(5)10(3)11-6-7-11/h8-11H,6-7H2,1-5H3,(H,15,16,17). The second kappa shape index (κ2) is 5.12. The summed E-state index contributed by atoms with van der Waals surface area (Å²) in [6.07, 6.45) is 2.71. The summed E-state index contributed by atoms with van der Waals surface area (Å²) >= 11 is 0. The molecule has 1 aromatic rings. The number of nitrogens with one attached hydrogen (secondary N) is 1. The SMILES string of the molecule is CNc1cc(N(C)C(C)C2CC2)nc(C(C)C)n1. The molecule has 100 valence electrons. The van der Waals surface area contributed by atoms with Gasteiger partial charge >= 0.3 is 0 Å². The molecule has 1 aliphatic rings. The lowest BCUT2D eigenvalue weighted by molar-refractivity contribution is 0.600. The van der Waals surface area contributed by atoms with Crippen molar-refractivity contribution in [1.29, 1.82) is 0 Å². The van der Waals surface area contributed by atoms with Crippen LogP contribution in [-0.4, -0.2) is 30.1 Å². The molecule has 4 heteroatoms. The van der Waals surface area contributed by atoms with Gasteiger partial charge in [-0.25, -0.2) is 9.97 Å². The van der Waals surface area contributed by atoms with Crippen LogP contribution in [0.5, 0.6) is 0 Å². The highest BCUT2D eigenvalue weighted by atomic mass is 15.2. The van der Waals surface area contributed by atoms with Crippen molar-refractivity contribution in [3.05, 3.63) is 11.9 Å². The Balaban J connectivity index is 2.27. The van der Waals surface area contributed by atoms with Gasteiger partial charge in [0.2, 0.25) is 0 Å². The molecule has 0 aromatic carbocycles. The van der Waals surface area contributed by atoms with Crippen LogP contribution in [-0.2, 0) is 0 Å². The topological polar surface area (TPSA) is 41.0 Å². The number of anilines is 2. The number of hydrogen-bond acceptors (Lipinski definition) is 4. The van der Waals surface area contributed by atoms with Gasteiger partial charge in [0, 0.05) is 32.1 Å². The zero-order valence-corrected chi connectivity index (χ0v) is 12.1. The van der Waals surface area contributed by atoms with Crippen molar-refractivity contribution in [1.82, 2.24) is 9.97 Å². The molecule has 1 unspecified atom stereocenters. The lowest BCUT2D eigenvalue weighted by atomic mass is 10.2. The maximum Gasteiger partial charge on any atom is 0.135 e. The summed E-state index contributed by atoms with van der Waals surface area (Å²) in [6, 6.07) is 2.59. The Hall–Kier alpha value is -1.32. The molecule has 18 heavy (non-hydrogen) atoms. The van der Waals surface area contributed by atoms with Gasteiger partial charge in [-0.3, -0.25) is 0 Å². The molecule has 2 rings (SSSR count). The Kier molecular flexibility index (Phi) is 3.73. The van der Waals surface area contributed by atoms with Crippen LogP contribution in [0.25, 0.3) is 0 Å². The van der Waals surface area contributed by atoms with E-state index in [-0.39, 0.29) is 0 Å². The molecule has 0 bridgehead atoms. The first kappa shape index (κ1) is 13.1. The average molecular weight is 248 g/mol. The Morgan fingerprint density at radius 2 is 1.94 bits per heavy atom. The van der Waals surface area contributed by atoms with Gasteiger partial charge in [-0.2, -0.15) is 0 Å². The molecule has 4 nitrogen and oxygen atoms in total. The molecule has 1 aromatic heterocycles. The zero-order valence-electron chi connectivity index (χ0n) is 12.1. The summed E-state index contributed by atoms with van der Waals surface area (Å²) in [4.78, 5) is 11.5. The van der Waals surface area contributed by atoms with Crippen LogP contribution in [0.3, 0.4) is 0 Å². The number of rotatable bonds is 5.